The zero-order valence-electron chi connectivity index (χ0n) is 16.8. The van der Waals surface area contributed by atoms with E-state index in [-0.39, 0.29) is 11.0 Å². The highest BCUT2D eigenvalue weighted by atomic mass is 79.9. The largest absolute Gasteiger partial charge is 0.323 e. The molecule has 2 aromatic heterocycles. The van der Waals surface area contributed by atoms with Crippen LogP contribution in [-0.4, -0.2) is 20.8 Å². The lowest BCUT2D eigenvalue weighted by molar-refractivity contribution is 0.0977. The van der Waals surface area contributed by atoms with Crippen molar-refractivity contribution in [1.29, 1.82) is 5.26 Å². The molecule has 0 saturated carbocycles. The Balaban J connectivity index is 1.39. The van der Waals surface area contributed by atoms with Crippen molar-refractivity contribution in [3.8, 4) is 6.07 Å². The van der Waals surface area contributed by atoms with Gasteiger partial charge < -0.3 is 5.32 Å². The highest BCUT2D eigenvalue weighted by molar-refractivity contribution is 9.10. The van der Waals surface area contributed by atoms with Crippen molar-refractivity contribution in [3.05, 3.63) is 68.3 Å². The van der Waals surface area contributed by atoms with Gasteiger partial charge in [0, 0.05) is 16.6 Å². The van der Waals surface area contributed by atoms with E-state index in [1.165, 1.54) is 4.88 Å². The number of thiocarbonyl (C=S) groups is 1. The van der Waals surface area contributed by atoms with Crippen molar-refractivity contribution in [1.82, 2.24) is 15.1 Å². The van der Waals surface area contributed by atoms with E-state index in [1.54, 1.807) is 29.7 Å². The first-order chi connectivity index (χ1) is 14.9. The molecule has 4 rings (SSSR count). The van der Waals surface area contributed by atoms with Gasteiger partial charge in [0.15, 0.2) is 5.11 Å². The first kappa shape index (κ1) is 21.7. The monoisotopic (exact) mass is 513 g/mol. The molecule has 0 radical (unpaired) electrons. The number of aromatic nitrogens is 2. The Kier molecular flexibility index (Phi) is 6.51. The SMILES string of the molecule is C[C@@H]1CCc2c(sc(NC(=S)NC(=O)c3ccc(Cn4cc(Br)cn4)cc3)c2C#N)C1. The number of carbonyl (C=O) groups excluding carboxylic acids is 1. The van der Waals surface area contributed by atoms with Crippen LogP contribution in [0.3, 0.4) is 0 Å². The van der Waals surface area contributed by atoms with Gasteiger partial charge in [-0.15, -0.1) is 11.3 Å². The maximum atomic E-state index is 12.6. The molecule has 0 aliphatic heterocycles. The molecule has 158 valence electrons. The summed E-state index contributed by atoms with van der Waals surface area (Å²) in [6, 6.07) is 9.61. The number of halogens is 1. The Morgan fingerprint density at radius 3 is 2.87 bits per heavy atom. The van der Waals surface area contributed by atoms with Gasteiger partial charge in [0.05, 0.1) is 22.8 Å². The molecule has 1 aromatic carbocycles. The lowest BCUT2D eigenvalue weighted by Crippen LogP contribution is -2.34. The van der Waals surface area contributed by atoms with Gasteiger partial charge in [0.2, 0.25) is 0 Å². The maximum absolute atomic E-state index is 12.6. The van der Waals surface area contributed by atoms with Crippen molar-refractivity contribution in [2.24, 2.45) is 5.92 Å². The molecule has 1 amide bonds. The van der Waals surface area contributed by atoms with Gasteiger partial charge in [0.25, 0.3) is 5.91 Å². The molecule has 0 spiro atoms. The summed E-state index contributed by atoms with van der Waals surface area (Å²) >= 11 is 10.3. The summed E-state index contributed by atoms with van der Waals surface area (Å²) in [6.45, 7) is 2.85. The van der Waals surface area contributed by atoms with E-state index in [0.717, 1.165) is 34.9 Å². The molecule has 6 nitrogen and oxygen atoms in total. The predicted octanol–water partition coefficient (Wildman–Crippen LogP) is 4.88. The highest BCUT2D eigenvalue weighted by Crippen LogP contribution is 2.39. The normalized spacial score (nSPS) is 15.1. The van der Waals surface area contributed by atoms with Crippen molar-refractivity contribution in [2.45, 2.75) is 32.7 Å². The van der Waals surface area contributed by atoms with Crippen LogP contribution < -0.4 is 10.6 Å². The fourth-order valence-electron chi connectivity index (χ4n) is 3.64. The molecule has 2 N–H and O–H groups in total. The number of hydrogen-bond donors (Lipinski definition) is 2. The first-order valence-electron chi connectivity index (χ1n) is 9.86. The Morgan fingerprint density at radius 1 is 1.42 bits per heavy atom. The zero-order chi connectivity index (χ0) is 22.0. The van der Waals surface area contributed by atoms with E-state index in [4.69, 9.17) is 12.2 Å². The summed E-state index contributed by atoms with van der Waals surface area (Å²) < 4.78 is 2.73. The van der Waals surface area contributed by atoms with Gasteiger partial charge in [0.1, 0.15) is 11.1 Å². The van der Waals surface area contributed by atoms with E-state index in [1.807, 2.05) is 23.0 Å². The van der Waals surface area contributed by atoms with Crippen LogP contribution >= 0.6 is 39.5 Å². The van der Waals surface area contributed by atoms with Crippen LogP contribution in [-0.2, 0) is 19.4 Å². The summed E-state index contributed by atoms with van der Waals surface area (Å²) in [7, 11) is 0. The lowest BCUT2D eigenvalue weighted by Gasteiger charge is -2.17. The molecule has 31 heavy (non-hydrogen) atoms. The van der Waals surface area contributed by atoms with E-state index in [2.05, 4.69) is 44.7 Å². The van der Waals surface area contributed by atoms with E-state index < -0.39 is 0 Å². The second kappa shape index (κ2) is 9.30. The van der Waals surface area contributed by atoms with Crippen LogP contribution in [0.4, 0.5) is 5.00 Å². The average molecular weight is 514 g/mol. The first-order valence-corrected chi connectivity index (χ1v) is 11.9. The summed E-state index contributed by atoms with van der Waals surface area (Å²) in [5.41, 5.74) is 3.32. The summed E-state index contributed by atoms with van der Waals surface area (Å²) in [6.07, 6.45) is 6.61. The minimum Gasteiger partial charge on any atom is -0.323 e. The third kappa shape index (κ3) is 5.03. The van der Waals surface area contributed by atoms with Gasteiger partial charge in [-0.25, -0.2) is 0 Å². The number of hydrogen-bond acceptors (Lipinski definition) is 5. The third-order valence-electron chi connectivity index (χ3n) is 5.24. The zero-order valence-corrected chi connectivity index (χ0v) is 20.0. The van der Waals surface area contributed by atoms with Gasteiger partial charge in [-0.05, 0) is 76.6 Å². The number of anilines is 1. The Hall–Kier alpha value is -2.54. The Labute approximate surface area is 198 Å². The number of nitrogens with one attached hydrogen (secondary N) is 2. The fourth-order valence-corrected chi connectivity index (χ4v) is 5.59. The van der Waals surface area contributed by atoms with E-state index >= 15 is 0 Å². The average Bonchev–Trinajstić information content (AvgIpc) is 3.29. The molecular formula is C22H20BrN5OS2. The van der Waals surface area contributed by atoms with Crippen LogP contribution in [0.25, 0.3) is 0 Å². The number of amides is 1. The minimum atomic E-state index is -0.292. The van der Waals surface area contributed by atoms with Crippen molar-refractivity contribution in [3.63, 3.8) is 0 Å². The Bertz CT molecular complexity index is 1180. The molecule has 0 bridgehead atoms. The van der Waals surface area contributed by atoms with Gasteiger partial charge in [-0.3, -0.25) is 14.8 Å². The number of rotatable bonds is 4. The van der Waals surface area contributed by atoms with Crippen molar-refractivity contribution < 1.29 is 4.79 Å². The van der Waals surface area contributed by atoms with E-state index in [0.29, 0.717) is 28.6 Å². The lowest BCUT2D eigenvalue weighted by atomic mass is 9.89. The molecular weight excluding hydrogens is 494 g/mol. The maximum Gasteiger partial charge on any atom is 0.257 e. The standard InChI is InChI=1S/C22H20BrN5OS2/c1-13-2-7-17-18(9-24)21(31-19(17)8-13)27-22(30)26-20(29)15-5-3-14(4-6-15)11-28-12-16(23)10-25-28/h3-6,10,12-13H,2,7-8,11H2,1H3,(H2,26,27,29,30)/t13-/m1/s1. The van der Waals surface area contributed by atoms with E-state index in [9.17, 15) is 10.1 Å². The molecule has 0 unspecified atom stereocenters. The topological polar surface area (TPSA) is 82.7 Å². The molecule has 1 aliphatic rings. The van der Waals surface area contributed by atoms with Crippen LogP contribution in [0.1, 0.15) is 45.3 Å². The number of nitriles is 1. The number of fused-ring (bicyclic) bond motifs is 1. The number of benzene rings is 1. The molecule has 9 heteroatoms. The molecule has 3 aromatic rings. The fraction of sp³-hybridized carbons (Fsp3) is 0.273. The van der Waals surface area contributed by atoms with Gasteiger partial charge in [-0.1, -0.05) is 19.1 Å². The summed E-state index contributed by atoms with van der Waals surface area (Å²) in [4.78, 5) is 13.8. The molecule has 0 saturated heterocycles. The number of thiophene rings is 1. The second-order valence-electron chi connectivity index (χ2n) is 7.63. The Morgan fingerprint density at radius 2 is 2.19 bits per heavy atom. The second-order valence-corrected chi connectivity index (χ2v) is 10.1. The summed E-state index contributed by atoms with van der Waals surface area (Å²) in [5.74, 6) is 0.328. The van der Waals surface area contributed by atoms with Crippen LogP contribution in [0, 0.1) is 17.2 Å². The molecule has 0 fully saturated rings. The molecule has 1 atom stereocenters. The quantitative estimate of drug-likeness (QED) is 0.485. The smallest absolute Gasteiger partial charge is 0.257 e. The third-order valence-corrected chi connectivity index (χ3v) is 7.02. The minimum absolute atomic E-state index is 0.193. The number of nitrogens with zero attached hydrogens (tertiary/aromatic N) is 3. The van der Waals surface area contributed by atoms with Crippen LogP contribution in [0.15, 0.2) is 41.1 Å². The number of carbonyl (C=O) groups is 1. The van der Waals surface area contributed by atoms with Crippen LogP contribution in [0.5, 0.6) is 0 Å². The predicted molar refractivity (Wildman–Crippen MR) is 129 cm³/mol. The summed E-state index contributed by atoms with van der Waals surface area (Å²) in [5, 5.41) is 20.5. The highest BCUT2D eigenvalue weighted by Gasteiger charge is 2.24. The van der Waals surface area contributed by atoms with Crippen LogP contribution in [0.2, 0.25) is 0 Å². The van der Waals surface area contributed by atoms with Crippen molar-refractivity contribution in [2.75, 3.05) is 5.32 Å². The van der Waals surface area contributed by atoms with Gasteiger partial charge in [-0.2, -0.15) is 10.4 Å². The van der Waals surface area contributed by atoms with Crippen molar-refractivity contribution >= 4 is 55.5 Å². The van der Waals surface area contributed by atoms with Gasteiger partial charge >= 0.3 is 0 Å². The molecule has 1 aliphatic carbocycles. The molecule has 2 heterocycles.